The average Bonchev–Trinajstić information content (AvgIpc) is 1.59. The van der Waals surface area contributed by atoms with E-state index in [1.54, 1.807) is 11.1 Å². The Morgan fingerprint density at radius 2 is 0.505 bits per heavy atom. The summed E-state index contributed by atoms with van der Waals surface area (Å²) in [6.45, 7) is 0. The molecular formula is C91H58. The molecule has 0 radical (unpaired) electrons. The lowest BCUT2D eigenvalue weighted by molar-refractivity contribution is 0.661. The Kier molecular flexibility index (Phi) is 9.96. The summed E-state index contributed by atoms with van der Waals surface area (Å²) in [5.41, 5.74) is 33.9. The summed E-state index contributed by atoms with van der Waals surface area (Å²) < 4.78 is 0. The van der Waals surface area contributed by atoms with Crippen LogP contribution in [0.15, 0.2) is 315 Å². The van der Waals surface area contributed by atoms with Gasteiger partial charge >= 0.3 is 0 Å². The average molecular weight is 1150 g/mol. The molecule has 2 spiro atoms. The van der Waals surface area contributed by atoms with E-state index in [-0.39, 0.29) is 5.41 Å². The van der Waals surface area contributed by atoms with Gasteiger partial charge in [-0.05, 0) is 226 Å². The van der Waals surface area contributed by atoms with E-state index in [0.29, 0.717) is 0 Å². The summed E-state index contributed by atoms with van der Waals surface area (Å²) in [6, 6.07) is 108. The van der Waals surface area contributed by atoms with Gasteiger partial charge in [-0.2, -0.15) is 0 Å². The van der Waals surface area contributed by atoms with Crippen LogP contribution in [-0.2, 0) is 16.2 Å². The van der Waals surface area contributed by atoms with Gasteiger partial charge in [-0.15, -0.1) is 0 Å². The maximum atomic E-state index is 2.60. The second kappa shape index (κ2) is 18.1. The van der Waals surface area contributed by atoms with Gasteiger partial charge in [0.2, 0.25) is 0 Å². The van der Waals surface area contributed by atoms with E-state index in [0.717, 1.165) is 25.7 Å². The van der Waals surface area contributed by atoms with Crippen LogP contribution in [0, 0.1) is 0 Å². The van der Waals surface area contributed by atoms with Gasteiger partial charge in [-0.1, -0.05) is 291 Å². The molecule has 0 heteroatoms. The van der Waals surface area contributed by atoms with Crippen molar-refractivity contribution in [3.8, 4) is 55.6 Å². The van der Waals surface area contributed by atoms with Crippen LogP contribution < -0.4 is 0 Å². The van der Waals surface area contributed by atoms with E-state index in [4.69, 9.17) is 0 Å². The molecule has 0 N–H and O–H groups in total. The zero-order valence-corrected chi connectivity index (χ0v) is 50.2. The molecule has 0 aromatic heterocycles. The minimum Gasteiger partial charge on any atom is -0.0836 e. The molecule has 0 fully saturated rings. The highest BCUT2D eigenvalue weighted by atomic mass is 14.6. The Labute approximate surface area is 529 Å². The Morgan fingerprint density at radius 1 is 0.220 bits per heavy atom. The molecular weight excluding hydrogens is 1090 g/mol. The van der Waals surface area contributed by atoms with Crippen LogP contribution in [0.3, 0.4) is 0 Å². The largest absolute Gasteiger partial charge is 0.0836 e. The molecule has 0 saturated carbocycles. The zero-order chi connectivity index (χ0) is 59.3. The number of benzene rings is 14. The van der Waals surface area contributed by atoms with E-state index in [1.165, 1.54) is 177 Å². The summed E-state index contributed by atoms with van der Waals surface area (Å²) in [5.74, 6) is 0. The van der Waals surface area contributed by atoms with Gasteiger partial charge in [0.1, 0.15) is 0 Å². The van der Waals surface area contributed by atoms with Crippen LogP contribution in [0.1, 0.15) is 92.4 Å². The van der Waals surface area contributed by atoms with Crippen LogP contribution in [0.25, 0.3) is 110 Å². The summed E-state index contributed by atoms with van der Waals surface area (Å²) in [7, 11) is 0. The first-order chi connectivity index (χ1) is 45.2. The van der Waals surface area contributed by atoms with E-state index in [2.05, 4.69) is 303 Å². The molecule has 422 valence electrons. The molecule has 14 aromatic rings. The minimum absolute atomic E-state index is 0.251. The first kappa shape index (κ1) is 50.0. The third kappa shape index (κ3) is 6.03. The molecule has 0 nitrogen and oxygen atoms in total. The van der Waals surface area contributed by atoms with Crippen molar-refractivity contribution in [2.75, 3.05) is 0 Å². The maximum Gasteiger partial charge on any atom is 0.0737 e. The van der Waals surface area contributed by atoms with Crippen LogP contribution in [-0.4, -0.2) is 0 Å². The molecule has 7 aliphatic carbocycles. The zero-order valence-electron chi connectivity index (χ0n) is 50.2. The third-order valence-electron chi connectivity index (χ3n) is 22.7. The number of hydrogen-bond donors (Lipinski definition) is 0. The lowest BCUT2D eigenvalue weighted by Crippen LogP contribution is -2.30. The first-order valence-electron chi connectivity index (χ1n) is 32.8. The topological polar surface area (TPSA) is 0 Å². The lowest BCUT2D eigenvalue weighted by Gasteiger charge is -2.38. The highest BCUT2D eigenvalue weighted by molar-refractivity contribution is 6.22. The van der Waals surface area contributed by atoms with Crippen molar-refractivity contribution in [1.82, 2.24) is 0 Å². The van der Waals surface area contributed by atoms with Gasteiger partial charge in [0, 0.05) is 0 Å². The van der Waals surface area contributed by atoms with Crippen LogP contribution in [0.4, 0.5) is 0 Å². The predicted molar refractivity (Wildman–Crippen MR) is 379 cm³/mol. The molecule has 0 amide bonds. The predicted octanol–water partition coefficient (Wildman–Crippen LogP) is 22.9. The van der Waals surface area contributed by atoms with Crippen molar-refractivity contribution in [3.05, 3.63) is 381 Å². The summed E-state index contributed by atoms with van der Waals surface area (Å²) in [5, 5.41) is 10.1. The Balaban J connectivity index is 0.841. The van der Waals surface area contributed by atoms with Crippen LogP contribution in [0.5, 0.6) is 0 Å². The molecule has 0 aliphatic heterocycles. The second-order valence-electron chi connectivity index (χ2n) is 26.4. The highest BCUT2D eigenvalue weighted by Gasteiger charge is 2.55. The standard InChI is InChI=1S/C91H58/c1-5-37-69-65(33-1)85(55-49-51-83-73(53-55)63-31-15-21-45-79(63)89(83)75-41-17-9-25-57(75)58-26-10-18-42-76(58)89)66-34-2-6-38-70(66)87(69)91(81-47-23-13-29-61(81)62-30-14-24-48-82(62)91)88-71-39-7-3-35-67(71)86(68-36-4-8-40-72(68)88)56-50-52-84-74(54-56)64-32-16-22-46-80(64)90(84)77-43-19-11-27-59(77)60-28-12-20-44-78(60)90/h1-19,21,23-43,45,47-54H,20,22,44,46H2. The van der Waals surface area contributed by atoms with E-state index >= 15 is 0 Å². The number of fused-ring (bicyclic) bond motifs is 25. The summed E-state index contributed by atoms with van der Waals surface area (Å²) >= 11 is 0. The van der Waals surface area contributed by atoms with Gasteiger partial charge in [0.25, 0.3) is 0 Å². The van der Waals surface area contributed by atoms with Gasteiger partial charge in [0.15, 0.2) is 0 Å². The third-order valence-corrected chi connectivity index (χ3v) is 22.7. The van der Waals surface area contributed by atoms with E-state index < -0.39 is 10.8 Å². The van der Waals surface area contributed by atoms with Crippen molar-refractivity contribution >= 4 is 54.2 Å². The normalized spacial score (nSPS) is 17.5. The fourth-order valence-electron chi connectivity index (χ4n) is 19.7. The van der Waals surface area contributed by atoms with Gasteiger partial charge in [-0.3, -0.25) is 0 Å². The molecule has 0 bridgehead atoms. The Hall–Kier alpha value is -10.9. The molecule has 21 rings (SSSR count). The molecule has 7 aliphatic rings. The van der Waals surface area contributed by atoms with Crippen molar-refractivity contribution in [3.63, 3.8) is 0 Å². The molecule has 1 unspecified atom stereocenters. The van der Waals surface area contributed by atoms with E-state index in [1.807, 2.05) is 0 Å². The van der Waals surface area contributed by atoms with Crippen molar-refractivity contribution in [2.24, 2.45) is 0 Å². The van der Waals surface area contributed by atoms with Gasteiger partial charge in [0.05, 0.1) is 16.2 Å². The Bertz CT molecular complexity index is 5580. The fraction of sp³-hybridized carbons (Fsp3) is 0.0769. The van der Waals surface area contributed by atoms with Crippen LogP contribution >= 0.6 is 0 Å². The maximum absolute atomic E-state index is 2.60. The van der Waals surface area contributed by atoms with E-state index in [9.17, 15) is 0 Å². The molecule has 1 atom stereocenters. The monoisotopic (exact) mass is 1150 g/mol. The number of hydrogen-bond acceptors (Lipinski definition) is 0. The smallest absolute Gasteiger partial charge is 0.0737 e. The van der Waals surface area contributed by atoms with Crippen molar-refractivity contribution in [2.45, 2.75) is 41.9 Å². The first-order valence-corrected chi connectivity index (χ1v) is 32.8. The summed E-state index contributed by atoms with van der Waals surface area (Å²) in [6.07, 6.45) is 14.0. The number of allylic oxidation sites excluding steroid dienone is 8. The van der Waals surface area contributed by atoms with Crippen LogP contribution in [0.2, 0.25) is 0 Å². The number of rotatable bonds is 4. The minimum atomic E-state index is -0.790. The quantitative estimate of drug-likeness (QED) is 0.154. The Morgan fingerprint density at radius 3 is 0.912 bits per heavy atom. The molecule has 0 heterocycles. The summed E-state index contributed by atoms with van der Waals surface area (Å²) in [4.78, 5) is 0. The SMILES string of the molecule is C1=CC2=C(CC1)C1(C3=C(C=CCC3)c3cc(-c4c5ccccc5c(C5(c6c7ccccc7c(-c7ccc8c(c7)-c7ccccc7C87c8ccccc8-c8ccccc87)c7ccccc67)c6ccccc6-c6ccccc65)c5ccccc45)ccc31)c1ccccc12. The molecule has 0 saturated heterocycles. The lowest BCUT2D eigenvalue weighted by atomic mass is 9.62. The second-order valence-corrected chi connectivity index (χ2v) is 26.4. The fourth-order valence-corrected chi connectivity index (χ4v) is 19.7. The highest BCUT2D eigenvalue weighted by Crippen LogP contribution is 2.68. The molecule has 91 heavy (non-hydrogen) atoms. The van der Waals surface area contributed by atoms with Gasteiger partial charge < -0.3 is 0 Å². The van der Waals surface area contributed by atoms with Crippen molar-refractivity contribution in [1.29, 1.82) is 0 Å². The van der Waals surface area contributed by atoms with Gasteiger partial charge in [-0.25, -0.2) is 0 Å². The molecule has 14 aromatic carbocycles. The van der Waals surface area contributed by atoms with Crippen molar-refractivity contribution < 1.29 is 0 Å².